The van der Waals surface area contributed by atoms with Crippen molar-refractivity contribution in [1.29, 1.82) is 0 Å². The Morgan fingerprint density at radius 1 is 0.912 bits per heavy atom. The maximum absolute atomic E-state index is 13.4. The topological polar surface area (TPSA) is 75.7 Å². The molecule has 0 radical (unpaired) electrons. The van der Waals surface area contributed by atoms with E-state index in [4.69, 9.17) is 4.74 Å². The van der Waals surface area contributed by atoms with Gasteiger partial charge >= 0.3 is 0 Å². The van der Waals surface area contributed by atoms with Crippen LogP contribution in [0.25, 0.3) is 0 Å². The molecule has 1 N–H and O–H groups in total. The van der Waals surface area contributed by atoms with Crippen molar-refractivity contribution in [2.24, 2.45) is 0 Å². The SMILES string of the molecule is CCOc1ccc(S(=O)(=O)N(CC(=O)N[C@H](C)CCc2ccccc2)Cc2ccccc2)cc1. The number of rotatable bonds is 12. The van der Waals surface area contributed by atoms with E-state index in [0.29, 0.717) is 12.4 Å². The maximum Gasteiger partial charge on any atom is 0.243 e. The van der Waals surface area contributed by atoms with Crippen LogP contribution in [-0.4, -0.2) is 37.8 Å². The molecule has 1 amide bonds. The molecule has 0 saturated heterocycles. The average Bonchev–Trinajstić information content (AvgIpc) is 2.84. The normalized spacial score (nSPS) is 12.3. The zero-order chi connectivity index (χ0) is 24.4. The summed E-state index contributed by atoms with van der Waals surface area (Å²) in [6.45, 7) is 4.13. The van der Waals surface area contributed by atoms with E-state index in [9.17, 15) is 13.2 Å². The van der Waals surface area contributed by atoms with Crippen molar-refractivity contribution in [2.45, 2.75) is 44.2 Å². The molecule has 1 atom stereocenters. The van der Waals surface area contributed by atoms with Gasteiger partial charge in [0.15, 0.2) is 0 Å². The second-order valence-electron chi connectivity index (χ2n) is 8.16. The van der Waals surface area contributed by atoms with Crippen LogP contribution in [0.5, 0.6) is 5.75 Å². The number of nitrogens with zero attached hydrogens (tertiary/aromatic N) is 1. The van der Waals surface area contributed by atoms with Crippen LogP contribution >= 0.6 is 0 Å². The summed E-state index contributed by atoms with van der Waals surface area (Å²) in [5.74, 6) is 0.270. The fraction of sp³-hybridized carbons (Fsp3) is 0.296. The van der Waals surface area contributed by atoms with Gasteiger partial charge in [0.25, 0.3) is 0 Å². The number of aryl methyl sites for hydroxylation is 1. The minimum atomic E-state index is -3.90. The first kappa shape index (κ1) is 25.5. The van der Waals surface area contributed by atoms with Crippen LogP contribution in [0.2, 0.25) is 0 Å². The lowest BCUT2D eigenvalue weighted by Gasteiger charge is -2.23. The first-order valence-corrected chi connectivity index (χ1v) is 12.9. The van der Waals surface area contributed by atoms with Crippen LogP contribution < -0.4 is 10.1 Å². The zero-order valence-electron chi connectivity index (χ0n) is 19.7. The van der Waals surface area contributed by atoms with Crippen molar-refractivity contribution in [1.82, 2.24) is 9.62 Å². The summed E-state index contributed by atoms with van der Waals surface area (Å²) in [7, 11) is -3.90. The van der Waals surface area contributed by atoms with Crippen LogP contribution in [0.4, 0.5) is 0 Å². The van der Waals surface area contributed by atoms with Crippen molar-refractivity contribution in [2.75, 3.05) is 13.2 Å². The lowest BCUT2D eigenvalue weighted by Crippen LogP contribution is -2.43. The summed E-state index contributed by atoms with van der Waals surface area (Å²) in [5, 5.41) is 2.95. The van der Waals surface area contributed by atoms with Gasteiger partial charge in [-0.05, 0) is 62.1 Å². The quantitative estimate of drug-likeness (QED) is 0.417. The Balaban J connectivity index is 1.71. The van der Waals surface area contributed by atoms with Crippen LogP contribution in [0, 0.1) is 0 Å². The number of sulfonamides is 1. The van der Waals surface area contributed by atoms with Crippen molar-refractivity contribution >= 4 is 15.9 Å². The first-order chi connectivity index (χ1) is 16.4. The molecule has 0 spiro atoms. The molecule has 0 aliphatic carbocycles. The van der Waals surface area contributed by atoms with Gasteiger partial charge in [-0.25, -0.2) is 8.42 Å². The van der Waals surface area contributed by atoms with E-state index in [1.807, 2.05) is 62.4 Å². The van der Waals surface area contributed by atoms with Crippen molar-refractivity contribution < 1.29 is 17.9 Å². The smallest absolute Gasteiger partial charge is 0.243 e. The van der Waals surface area contributed by atoms with E-state index in [1.54, 1.807) is 12.1 Å². The molecule has 0 saturated carbocycles. The Bertz CT molecular complexity index is 1130. The van der Waals surface area contributed by atoms with E-state index < -0.39 is 10.0 Å². The first-order valence-electron chi connectivity index (χ1n) is 11.5. The summed E-state index contributed by atoms with van der Waals surface area (Å²) in [6.07, 6.45) is 1.60. The number of hydrogen-bond donors (Lipinski definition) is 1. The van der Waals surface area contributed by atoms with Gasteiger partial charge in [0.05, 0.1) is 18.0 Å². The van der Waals surface area contributed by atoms with Crippen LogP contribution in [-0.2, 0) is 27.8 Å². The molecular formula is C27H32N2O4S. The predicted molar refractivity (Wildman–Crippen MR) is 134 cm³/mol. The third-order valence-electron chi connectivity index (χ3n) is 5.41. The minimum Gasteiger partial charge on any atom is -0.494 e. The third kappa shape index (κ3) is 7.43. The van der Waals surface area contributed by atoms with Crippen LogP contribution in [0.15, 0.2) is 89.8 Å². The van der Waals surface area contributed by atoms with Gasteiger partial charge in [-0.1, -0.05) is 60.7 Å². The summed E-state index contributed by atoms with van der Waals surface area (Å²) in [4.78, 5) is 13.0. The summed E-state index contributed by atoms with van der Waals surface area (Å²) in [6, 6.07) is 25.5. The molecule has 0 aromatic heterocycles. The summed E-state index contributed by atoms with van der Waals surface area (Å²) < 4.78 is 33.5. The number of amides is 1. The number of hydrogen-bond acceptors (Lipinski definition) is 4. The van der Waals surface area contributed by atoms with Gasteiger partial charge in [0.2, 0.25) is 15.9 Å². The fourth-order valence-corrected chi connectivity index (χ4v) is 5.00. The maximum atomic E-state index is 13.4. The van der Waals surface area contributed by atoms with Crippen molar-refractivity contribution in [3.05, 3.63) is 96.1 Å². The molecule has 6 nitrogen and oxygen atoms in total. The number of carbonyl (C=O) groups is 1. The second-order valence-corrected chi connectivity index (χ2v) is 10.1. The Hall–Kier alpha value is -3.16. The van der Waals surface area contributed by atoms with E-state index >= 15 is 0 Å². The van der Waals surface area contributed by atoms with Crippen molar-refractivity contribution in [3.63, 3.8) is 0 Å². The van der Waals surface area contributed by atoms with E-state index in [-0.39, 0.29) is 29.9 Å². The van der Waals surface area contributed by atoms with Gasteiger partial charge < -0.3 is 10.1 Å². The van der Waals surface area contributed by atoms with E-state index in [2.05, 4.69) is 17.4 Å². The summed E-state index contributed by atoms with van der Waals surface area (Å²) >= 11 is 0. The molecule has 3 rings (SSSR count). The predicted octanol–water partition coefficient (Wildman–Crippen LogP) is 4.41. The van der Waals surface area contributed by atoms with Gasteiger partial charge in [0.1, 0.15) is 5.75 Å². The fourth-order valence-electron chi connectivity index (χ4n) is 3.62. The largest absolute Gasteiger partial charge is 0.494 e. The molecule has 0 aliphatic heterocycles. The third-order valence-corrected chi connectivity index (χ3v) is 7.22. The molecule has 180 valence electrons. The molecule has 0 fully saturated rings. The number of benzene rings is 3. The number of carbonyl (C=O) groups excluding carboxylic acids is 1. The highest BCUT2D eigenvalue weighted by Gasteiger charge is 2.27. The highest BCUT2D eigenvalue weighted by molar-refractivity contribution is 7.89. The van der Waals surface area contributed by atoms with E-state index in [1.165, 1.54) is 22.0 Å². The lowest BCUT2D eigenvalue weighted by molar-refractivity contribution is -0.122. The van der Waals surface area contributed by atoms with E-state index in [0.717, 1.165) is 18.4 Å². The monoisotopic (exact) mass is 480 g/mol. The van der Waals surface area contributed by atoms with Crippen LogP contribution in [0.1, 0.15) is 31.4 Å². The molecule has 0 heterocycles. The zero-order valence-corrected chi connectivity index (χ0v) is 20.5. The number of ether oxygens (including phenoxy) is 1. The Morgan fingerprint density at radius 3 is 2.09 bits per heavy atom. The molecule has 7 heteroatoms. The molecule has 3 aromatic carbocycles. The second kappa shape index (κ2) is 12.3. The van der Waals surface area contributed by atoms with Crippen LogP contribution in [0.3, 0.4) is 0 Å². The molecular weight excluding hydrogens is 448 g/mol. The molecule has 0 unspecified atom stereocenters. The van der Waals surface area contributed by atoms with Gasteiger partial charge in [-0.3, -0.25) is 4.79 Å². The Kier molecular flexibility index (Phi) is 9.24. The lowest BCUT2D eigenvalue weighted by atomic mass is 10.1. The molecule has 3 aromatic rings. The standard InChI is InChI=1S/C27H32N2O4S/c1-3-33-25-16-18-26(19-17-25)34(31,32)29(20-24-12-8-5-9-13-24)21-27(30)28-22(2)14-15-23-10-6-4-7-11-23/h4-13,16-19,22H,3,14-15,20-21H2,1-2H3,(H,28,30)/t22-/m1/s1. The van der Waals surface area contributed by atoms with Gasteiger partial charge in [-0.15, -0.1) is 0 Å². The van der Waals surface area contributed by atoms with Crippen molar-refractivity contribution in [3.8, 4) is 5.75 Å². The molecule has 0 bridgehead atoms. The van der Waals surface area contributed by atoms with Gasteiger partial charge in [0, 0.05) is 12.6 Å². The average molecular weight is 481 g/mol. The highest BCUT2D eigenvalue weighted by Crippen LogP contribution is 2.21. The summed E-state index contributed by atoms with van der Waals surface area (Å²) in [5.41, 5.74) is 2.01. The molecule has 34 heavy (non-hydrogen) atoms. The minimum absolute atomic E-state index is 0.0838. The Morgan fingerprint density at radius 2 is 1.50 bits per heavy atom. The number of nitrogens with one attached hydrogen (secondary N) is 1. The highest BCUT2D eigenvalue weighted by atomic mass is 32.2. The molecule has 0 aliphatic rings. The van der Waals surface area contributed by atoms with Gasteiger partial charge in [-0.2, -0.15) is 4.31 Å². The Labute approximate surface area is 202 Å².